The quantitative estimate of drug-likeness (QED) is 0.781. The highest BCUT2D eigenvalue weighted by Gasteiger charge is 2.16. The highest BCUT2D eigenvalue weighted by Crippen LogP contribution is 2.21. The summed E-state index contributed by atoms with van der Waals surface area (Å²) in [4.78, 5) is 7.52. The van der Waals surface area contributed by atoms with Crippen LogP contribution in [0.25, 0.3) is 11.0 Å². The maximum Gasteiger partial charge on any atom is 0.261 e. The fourth-order valence-corrected chi connectivity index (χ4v) is 3.33. The number of sulfonamides is 1. The van der Waals surface area contributed by atoms with Crippen molar-refractivity contribution in [2.75, 3.05) is 4.72 Å². The minimum atomic E-state index is -3.62. The maximum atomic E-state index is 12.5. The number of aryl methyl sites for hydroxylation is 2. The van der Waals surface area contributed by atoms with Gasteiger partial charge in [-0.05, 0) is 43.7 Å². The average molecular weight is 301 g/mol. The molecule has 108 valence electrons. The van der Waals surface area contributed by atoms with Crippen LogP contribution < -0.4 is 4.72 Å². The van der Waals surface area contributed by atoms with E-state index in [1.807, 2.05) is 26.0 Å². The van der Waals surface area contributed by atoms with E-state index in [-0.39, 0.29) is 4.90 Å². The van der Waals surface area contributed by atoms with Gasteiger partial charge in [-0.1, -0.05) is 18.2 Å². The number of nitrogens with zero attached hydrogens (tertiary/aromatic N) is 1. The number of aromatic nitrogens is 2. The summed E-state index contributed by atoms with van der Waals surface area (Å²) in [5.41, 5.74) is 2.92. The fraction of sp³-hybridized carbons (Fsp3) is 0.133. The van der Waals surface area contributed by atoms with Gasteiger partial charge < -0.3 is 4.98 Å². The molecule has 0 saturated heterocycles. The van der Waals surface area contributed by atoms with Gasteiger partial charge in [-0.25, -0.2) is 13.4 Å². The van der Waals surface area contributed by atoms with E-state index in [1.54, 1.807) is 30.3 Å². The summed E-state index contributed by atoms with van der Waals surface area (Å²) in [5, 5.41) is 0. The number of aromatic amines is 1. The first-order chi connectivity index (χ1) is 9.95. The maximum absolute atomic E-state index is 12.5. The van der Waals surface area contributed by atoms with Gasteiger partial charge in [0.1, 0.15) is 5.82 Å². The van der Waals surface area contributed by atoms with Crippen molar-refractivity contribution in [1.29, 1.82) is 0 Å². The van der Waals surface area contributed by atoms with Crippen LogP contribution in [0.3, 0.4) is 0 Å². The molecule has 0 bridgehead atoms. The van der Waals surface area contributed by atoms with Gasteiger partial charge in [-0.2, -0.15) is 0 Å². The predicted octanol–water partition coefficient (Wildman–Crippen LogP) is 2.98. The largest absolute Gasteiger partial charge is 0.342 e. The number of para-hydroxylation sites is 1. The number of nitrogens with one attached hydrogen (secondary N) is 2. The molecule has 0 atom stereocenters. The number of anilines is 1. The van der Waals surface area contributed by atoms with Crippen molar-refractivity contribution < 1.29 is 8.42 Å². The summed E-state index contributed by atoms with van der Waals surface area (Å²) in [7, 11) is -3.62. The number of benzene rings is 2. The Bertz CT molecular complexity index is 914. The number of rotatable bonds is 3. The van der Waals surface area contributed by atoms with Crippen LogP contribution in [0.2, 0.25) is 0 Å². The number of H-pyrrole nitrogens is 1. The Kier molecular flexibility index (Phi) is 3.17. The van der Waals surface area contributed by atoms with Crippen molar-refractivity contribution >= 4 is 26.7 Å². The second-order valence-corrected chi connectivity index (χ2v) is 6.60. The van der Waals surface area contributed by atoms with Crippen molar-refractivity contribution in [2.24, 2.45) is 0 Å². The molecule has 0 saturated carbocycles. The van der Waals surface area contributed by atoms with E-state index >= 15 is 0 Å². The molecular weight excluding hydrogens is 286 g/mol. The van der Waals surface area contributed by atoms with Crippen molar-refractivity contribution in [3.63, 3.8) is 0 Å². The average Bonchev–Trinajstić information content (AvgIpc) is 2.80. The molecule has 0 aliphatic rings. The first kappa shape index (κ1) is 13.6. The van der Waals surface area contributed by atoms with Gasteiger partial charge in [0.25, 0.3) is 10.0 Å². The van der Waals surface area contributed by atoms with Crippen molar-refractivity contribution in [1.82, 2.24) is 9.97 Å². The second-order valence-electron chi connectivity index (χ2n) is 4.92. The number of imidazole rings is 1. The molecule has 0 aliphatic carbocycles. The topological polar surface area (TPSA) is 74.8 Å². The molecule has 3 aromatic rings. The number of hydrogen-bond donors (Lipinski definition) is 2. The third kappa shape index (κ3) is 2.62. The minimum absolute atomic E-state index is 0.210. The molecule has 2 aromatic carbocycles. The Labute approximate surface area is 123 Å². The second kappa shape index (κ2) is 4.89. The third-order valence-corrected chi connectivity index (χ3v) is 4.63. The fourth-order valence-electron chi connectivity index (χ4n) is 2.17. The van der Waals surface area contributed by atoms with Crippen LogP contribution in [-0.2, 0) is 10.0 Å². The van der Waals surface area contributed by atoms with E-state index in [0.717, 1.165) is 16.9 Å². The minimum Gasteiger partial charge on any atom is -0.342 e. The molecule has 0 unspecified atom stereocenters. The van der Waals surface area contributed by atoms with Gasteiger partial charge in [0.2, 0.25) is 0 Å². The lowest BCUT2D eigenvalue weighted by Crippen LogP contribution is -2.13. The molecular formula is C15H15N3O2S. The molecule has 0 radical (unpaired) electrons. The molecule has 0 fully saturated rings. The van der Waals surface area contributed by atoms with E-state index in [1.165, 1.54) is 0 Å². The predicted molar refractivity (Wildman–Crippen MR) is 82.8 cm³/mol. The Hall–Kier alpha value is -2.34. The van der Waals surface area contributed by atoms with E-state index in [0.29, 0.717) is 11.2 Å². The van der Waals surface area contributed by atoms with Gasteiger partial charge in [-0.15, -0.1) is 0 Å². The summed E-state index contributed by atoms with van der Waals surface area (Å²) in [6.07, 6.45) is 0. The molecule has 0 aliphatic heterocycles. The van der Waals surface area contributed by atoms with E-state index < -0.39 is 10.0 Å². The summed E-state index contributed by atoms with van der Waals surface area (Å²) in [6, 6.07) is 12.1. The van der Waals surface area contributed by atoms with Gasteiger partial charge in [0.05, 0.1) is 21.6 Å². The molecule has 6 heteroatoms. The van der Waals surface area contributed by atoms with Gasteiger partial charge in [0.15, 0.2) is 0 Å². The molecule has 3 rings (SSSR count). The van der Waals surface area contributed by atoms with Crippen molar-refractivity contribution in [3.8, 4) is 0 Å². The lowest BCUT2D eigenvalue weighted by molar-refractivity contribution is 0.601. The van der Waals surface area contributed by atoms with E-state index in [2.05, 4.69) is 14.7 Å². The zero-order chi connectivity index (χ0) is 15.0. The van der Waals surface area contributed by atoms with Crippen LogP contribution in [0.5, 0.6) is 0 Å². The molecule has 21 heavy (non-hydrogen) atoms. The van der Waals surface area contributed by atoms with Crippen molar-refractivity contribution in [2.45, 2.75) is 18.7 Å². The first-order valence-corrected chi connectivity index (χ1v) is 7.99. The van der Waals surface area contributed by atoms with Gasteiger partial charge in [0, 0.05) is 0 Å². The summed E-state index contributed by atoms with van der Waals surface area (Å²) in [5.74, 6) is 0.756. The van der Waals surface area contributed by atoms with Gasteiger partial charge in [-0.3, -0.25) is 4.72 Å². The normalized spacial score (nSPS) is 11.7. The Balaban J connectivity index is 2.01. The van der Waals surface area contributed by atoms with Crippen molar-refractivity contribution in [3.05, 3.63) is 53.9 Å². The lowest BCUT2D eigenvalue weighted by atomic mass is 10.2. The zero-order valence-corrected chi connectivity index (χ0v) is 12.5. The summed E-state index contributed by atoms with van der Waals surface area (Å²) >= 11 is 0. The van der Waals surface area contributed by atoms with Gasteiger partial charge >= 0.3 is 0 Å². The zero-order valence-electron chi connectivity index (χ0n) is 11.7. The molecule has 1 aromatic heterocycles. The third-order valence-electron chi connectivity index (χ3n) is 3.27. The Morgan fingerprint density at radius 3 is 2.62 bits per heavy atom. The van der Waals surface area contributed by atoms with Crippen LogP contribution >= 0.6 is 0 Å². The van der Waals surface area contributed by atoms with Crippen LogP contribution in [0.15, 0.2) is 47.4 Å². The summed E-state index contributed by atoms with van der Waals surface area (Å²) < 4.78 is 27.5. The SMILES string of the molecule is Cc1nc2ccc(S(=O)(=O)Nc3ccccc3C)cc2[nH]1. The number of fused-ring (bicyclic) bond motifs is 1. The standard InChI is InChI=1S/C15H15N3O2S/c1-10-5-3-4-6-13(10)18-21(19,20)12-7-8-14-15(9-12)17-11(2)16-14/h3-9,18H,1-2H3,(H,16,17). The summed E-state index contributed by atoms with van der Waals surface area (Å²) in [6.45, 7) is 3.69. The Morgan fingerprint density at radius 1 is 1.10 bits per heavy atom. The first-order valence-electron chi connectivity index (χ1n) is 6.50. The smallest absolute Gasteiger partial charge is 0.261 e. The lowest BCUT2D eigenvalue weighted by Gasteiger charge is -2.10. The molecule has 1 heterocycles. The highest BCUT2D eigenvalue weighted by atomic mass is 32.2. The van der Waals surface area contributed by atoms with Crippen LogP contribution in [0.4, 0.5) is 5.69 Å². The molecule has 5 nitrogen and oxygen atoms in total. The van der Waals surface area contributed by atoms with Crippen LogP contribution in [0, 0.1) is 13.8 Å². The van der Waals surface area contributed by atoms with Crippen LogP contribution in [0.1, 0.15) is 11.4 Å². The molecule has 2 N–H and O–H groups in total. The van der Waals surface area contributed by atoms with Crippen LogP contribution in [-0.4, -0.2) is 18.4 Å². The molecule has 0 spiro atoms. The highest BCUT2D eigenvalue weighted by molar-refractivity contribution is 7.92. The monoisotopic (exact) mass is 301 g/mol. The molecule has 0 amide bonds. The number of hydrogen-bond acceptors (Lipinski definition) is 3. The van der Waals surface area contributed by atoms with E-state index in [4.69, 9.17) is 0 Å². The van der Waals surface area contributed by atoms with E-state index in [9.17, 15) is 8.42 Å². The Morgan fingerprint density at radius 2 is 1.86 bits per heavy atom.